The van der Waals surface area contributed by atoms with Crippen molar-refractivity contribution in [2.75, 3.05) is 6.61 Å². The average molecular weight is 170 g/mol. The average Bonchev–Trinajstić information content (AvgIpc) is 2.52. The minimum atomic E-state index is 0.314. The molecule has 1 rings (SSSR count). The van der Waals surface area contributed by atoms with E-state index in [2.05, 4.69) is 24.4 Å². The van der Waals surface area contributed by atoms with E-state index in [1.54, 1.807) is 11.3 Å². The lowest BCUT2D eigenvalue weighted by Gasteiger charge is -2.08. The molecule has 1 heterocycles. The second-order valence-corrected chi connectivity index (χ2v) is 3.77. The summed E-state index contributed by atoms with van der Waals surface area (Å²) in [5.74, 6) is 0.452. The number of hydrogen-bond donors (Lipinski definition) is 1. The third kappa shape index (κ3) is 2.64. The SMILES string of the molecule is CCC(CO)Cc1cccs1. The molecule has 1 N–H and O–H groups in total. The molecule has 0 aliphatic carbocycles. The molecular formula is C9H14OS. The fourth-order valence-electron chi connectivity index (χ4n) is 1.05. The summed E-state index contributed by atoms with van der Waals surface area (Å²) in [6, 6.07) is 4.19. The molecule has 1 aromatic heterocycles. The van der Waals surface area contributed by atoms with E-state index in [0.29, 0.717) is 12.5 Å². The first kappa shape index (κ1) is 8.75. The number of aliphatic hydroxyl groups excluding tert-OH is 1. The third-order valence-corrected chi connectivity index (χ3v) is 2.80. The molecular weight excluding hydrogens is 156 g/mol. The zero-order valence-electron chi connectivity index (χ0n) is 6.79. The summed E-state index contributed by atoms with van der Waals surface area (Å²) >= 11 is 1.77. The molecule has 0 radical (unpaired) electrons. The highest BCUT2D eigenvalue weighted by Gasteiger charge is 2.05. The lowest BCUT2D eigenvalue weighted by atomic mass is 10.0. The standard InChI is InChI=1S/C9H14OS/c1-2-8(7-10)6-9-4-3-5-11-9/h3-5,8,10H,2,6-7H2,1H3. The summed E-state index contributed by atoms with van der Waals surface area (Å²) in [6.07, 6.45) is 2.10. The van der Waals surface area contributed by atoms with Crippen LogP contribution < -0.4 is 0 Å². The van der Waals surface area contributed by atoms with Gasteiger partial charge in [0, 0.05) is 11.5 Å². The van der Waals surface area contributed by atoms with E-state index in [1.165, 1.54) is 4.88 Å². The molecule has 62 valence electrons. The molecule has 0 amide bonds. The minimum absolute atomic E-state index is 0.314. The molecule has 1 nitrogen and oxygen atoms in total. The van der Waals surface area contributed by atoms with Crippen LogP contribution in [0.4, 0.5) is 0 Å². The Kier molecular flexibility index (Phi) is 3.60. The Hall–Kier alpha value is -0.340. The van der Waals surface area contributed by atoms with E-state index in [4.69, 9.17) is 5.11 Å². The highest BCUT2D eigenvalue weighted by atomic mass is 32.1. The van der Waals surface area contributed by atoms with E-state index in [-0.39, 0.29) is 0 Å². The van der Waals surface area contributed by atoms with Gasteiger partial charge in [-0.3, -0.25) is 0 Å². The molecule has 0 bridgehead atoms. The summed E-state index contributed by atoms with van der Waals surface area (Å²) in [7, 11) is 0. The topological polar surface area (TPSA) is 20.2 Å². The van der Waals surface area contributed by atoms with E-state index in [1.807, 2.05) is 0 Å². The van der Waals surface area contributed by atoms with Crippen LogP contribution in [0.3, 0.4) is 0 Å². The molecule has 1 unspecified atom stereocenters. The Morgan fingerprint density at radius 3 is 2.91 bits per heavy atom. The van der Waals surface area contributed by atoms with Gasteiger partial charge in [-0.1, -0.05) is 19.4 Å². The van der Waals surface area contributed by atoms with Gasteiger partial charge in [0.05, 0.1) is 0 Å². The maximum atomic E-state index is 8.93. The number of aliphatic hydroxyl groups is 1. The van der Waals surface area contributed by atoms with Crippen molar-refractivity contribution in [1.29, 1.82) is 0 Å². The Bertz CT molecular complexity index is 177. The first-order valence-corrected chi connectivity index (χ1v) is 4.88. The van der Waals surface area contributed by atoms with E-state index >= 15 is 0 Å². The molecule has 0 aliphatic rings. The molecule has 0 aliphatic heterocycles. The molecule has 1 atom stereocenters. The summed E-state index contributed by atoms with van der Waals surface area (Å²) in [5, 5.41) is 11.0. The highest BCUT2D eigenvalue weighted by molar-refractivity contribution is 7.09. The Morgan fingerprint density at radius 1 is 1.64 bits per heavy atom. The van der Waals surface area contributed by atoms with Crippen molar-refractivity contribution < 1.29 is 5.11 Å². The third-order valence-electron chi connectivity index (χ3n) is 1.91. The lowest BCUT2D eigenvalue weighted by Crippen LogP contribution is -2.06. The Labute approximate surface area is 71.7 Å². The van der Waals surface area contributed by atoms with Crippen LogP contribution in [0.15, 0.2) is 17.5 Å². The monoisotopic (exact) mass is 170 g/mol. The Balaban J connectivity index is 2.41. The van der Waals surface area contributed by atoms with Gasteiger partial charge in [0.25, 0.3) is 0 Å². The summed E-state index contributed by atoms with van der Waals surface area (Å²) in [4.78, 5) is 1.38. The molecule has 2 heteroatoms. The van der Waals surface area contributed by atoms with Crippen molar-refractivity contribution in [3.05, 3.63) is 22.4 Å². The van der Waals surface area contributed by atoms with Gasteiger partial charge in [-0.25, -0.2) is 0 Å². The largest absolute Gasteiger partial charge is 0.396 e. The van der Waals surface area contributed by atoms with Gasteiger partial charge in [-0.05, 0) is 23.8 Å². The molecule has 0 fully saturated rings. The maximum absolute atomic E-state index is 8.93. The van der Waals surface area contributed by atoms with Crippen molar-refractivity contribution in [2.45, 2.75) is 19.8 Å². The minimum Gasteiger partial charge on any atom is -0.396 e. The van der Waals surface area contributed by atoms with Crippen molar-refractivity contribution in [2.24, 2.45) is 5.92 Å². The zero-order valence-corrected chi connectivity index (χ0v) is 7.60. The maximum Gasteiger partial charge on any atom is 0.0462 e. The van der Waals surface area contributed by atoms with Crippen molar-refractivity contribution in [3.63, 3.8) is 0 Å². The summed E-state index contributed by atoms with van der Waals surface area (Å²) < 4.78 is 0. The smallest absolute Gasteiger partial charge is 0.0462 e. The van der Waals surface area contributed by atoms with E-state index in [0.717, 1.165) is 12.8 Å². The van der Waals surface area contributed by atoms with Crippen LogP contribution in [-0.4, -0.2) is 11.7 Å². The number of thiophene rings is 1. The number of hydrogen-bond acceptors (Lipinski definition) is 2. The van der Waals surface area contributed by atoms with Gasteiger partial charge in [0.15, 0.2) is 0 Å². The normalized spacial score (nSPS) is 13.3. The fraction of sp³-hybridized carbons (Fsp3) is 0.556. The van der Waals surface area contributed by atoms with Crippen LogP contribution in [0.5, 0.6) is 0 Å². The van der Waals surface area contributed by atoms with Crippen LogP contribution in [0.25, 0.3) is 0 Å². The molecule has 0 aromatic carbocycles. The summed E-state index contributed by atoms with van der Waals surface area (Å²) in [6.45, 7) is 2.43. The van der Waals surface area contributed by atoms with E-state index in [9.17, 15) is 0 Å². The predicted molar refractivity (Wildman–Crippen MR) is 48.9 cm³/mol. The molecule has 0 spiro atoms. The van der Waals surface area contributed by atoms with Crippen LogP contribution in [0, 0.1) is 5.92 Å². The fourth-order valence-corrected chi connectivity index (χ4v) is 1.87. The van der Waals surface area contributed by atoms with Crippen LogP contribution in [-0.2, 0) is 6.42 Å². The molecule has 11 heavy (non-hydrogen) atoms. The van der Waals surface area contributed by atoms with E-state index < -0.39 is 0 Å². The van der Waals surface area contributed by atoms with Gasteiger partial charge in [0.2, 0.25) is 0 Å². The summed E-state index contributed by atoms with van der Waals surface area (Å²) in [5.41, 5.74) is 0. The van der Waals surface area contributed by atoms with Gasteiger partial charge < -0.3 is 5.11 Å². The lowest BCUT2D eigenvalue weighted by molar-refractivity contribution is 0.222. The van der Waals surface area contributed by atoms with Crippen molar-refractivity contribution in [1.82, 2.24) is 0 Å². The zero-order chi connectivity index (χ0) is 8.10. The molecule has 1 aromatic rings. The van der Waals surface area contributed by atoms with Gasteiger partial charge >= 0.3 is 0 Å². The second-order valence-electron chi connectivity index (χ2n) is 2.74. The first-order valence-electron chi connectivity index (χ1n) is 4.00. The van der Waals surface area contributed by atoms with Crippen LogP contribution in [0.2, 0.25) is 0 Å². The van der Waals surface area contributed by atoms with Crippen molar-refractivity contribution >= 4 is 11.3 Å². The first-order chi connectivity index (χ1) is 5.36. The molecule has 0 saturated heterocycles. The van der Waals surface area contributed by atoms with Gasteiger partial charge in [0.1, 0.15) is 0 Å². The van der Waals surface area contributed by atoms with Gasteiger partial charge in [-0.15, -0.1) is 11.3 Å². The quantitative estimate of drug-likeness (QED) is 0.735. The van der Waals surface area contributed by atoms with Crippen molar-refractivity contribution in [3.8, 4) is 0 Å². The number of rotatable bonds is 4. The molecule has 0 saturated carbocycles. The Morgan fingerprint density at radius 2 is 2.45 bits per heavy atom. The van der Waals surface area contributed by atoms with Crippen LogP contribution in [0.1, 0.15) is 18.2 Å². The predicted octanol–water partition coefficient (Wildman–Crippen LogP) is 2.31. The van der Waals surface area contributed by atoms with Gasteiger partial charge in [-0.2, -0.15) is 0 Å². The van der Waals surface area contributed by atoms with Crippen LogP contribution >= 0.6 is 11.3 Å². The highest BCUT2D eigenvalue weighted by Crippen LogP contribution is 2.15. The second kappa shape index (κ2) is 4.52.